The molecule has 106 valence electrons. The van der Waals surface area contributed by atoms with Crippen molar-refractivity contribution in [1.82, 2.24) is 5.43 Å². The lowest BCUT2D eigenvalue weighted by Gasteiger charge is -2.02. The van der Waals surface area contributed by atoms with Crippen molar-refractivity contribution in [3.05, 3.63) is 70.2 Å². The molecule has 0 saturated carbocycles. The van der Waals surface area contributed by atoms with E-state index < -0.39 is 11.9 Å². The largest absolute Gasteiger partial charge is 0.545 e. The highest BCUT2D eigenvalue weighted by Crippen LogP contribution is 2.14. The van der Waals surface area contributed by atoms with Gasteiger partial charge in [-0.15, -0.1) is 0 Å². The minimum atomic E-state index is -1.24. The Labute approximate surface area is 125 Å². The van der Waals surface area contributed by atoms with Gasteiger partial charge in [0.15, 0.2) is 0 Å². The molecule has 2 rings (SSSR count). The summed E-state index contributed by atoms with van der Waals surface area (Å²) in [5, 5.41) is 14.7. The first kappa shape index (κ1) is 14.7. The van der Waals surface area contributed by atoms with Crippen LogP contribution in [0.1, 0.15) is 26.3 Å². The van der Waals surface area contributed by atoms with Gasteiger partial charge in [-0.3, -0.25) is 4.79 Å². The minimum Gasteiger partial charge on any atom is -0.545 e. The van der Waals surface area contributed by atoms with Crippen LogP contribution in [-0.4, -0.2) is 18.1 Å². The van der Waals surface area contributed by atoms with Crippen molar-refractivity contribution in [3.8, 4) is 0 Å². The fraction of sp³-hybridized carbons (Fsp3) is 0. The Hall–Kier alpha value is -2.66. The van der Waals surface area contributed by atoms with Crippen LogP contribution in [0, 0.1) is 0 Å². The third kappa shape index (κ3) is 3.90. The predicted octanol–water partition coefficient (Wildman–Crippen LogP) is 1.47. The second kappa shape index (κ2) is 6.67. The fourth-order valence-corrected chi connectivity index (χ4v) is 1.80. The van der Waals surface area contributed by atoms with E-state index in [9.17, 15) is 14.7 Å². The number of halogens is 1. The van der Waals surface area contributed by atoms with Crippen molar-refractivity contribution in [2.75, 3.05) is 0 Å². The number of nitrogens with zero attached hydrogens (tertiary/aromatic N) is 1. The molecule has 0 saturated heterocycles. The number of hydrogen-bond acceptors (Lipinski definition) is 4. The zero-order valence-electron chi connectivity index (χ0n) is 10.7. The second-order valence-electron chi connectivity index (χ2n) is 4.09. The molecule has 0 bridgehead atoms. The zero-order chi connectivity index (χ0) is 15.2. The van der Waals surface area contributed by atoms with Crippen LogP contribution in [-0.2, 0) is 0 Å². The van der Waals surface area contributed by atoms with E-state index in [-0.39, 0.29) is 5.56 Å². The van der Waals surface area contributed by atoms with Crippen molar-refractivity contribution in [2.45, 2.75) is 0 Å². The average Bonchev–Trinajstić information content (AvgIpc) is 2.48. The van der Waals surface area contributed by atoms with Gasteiger partial charge in [0.1, 0.15) is 0 Å². The molecule has 0 atom stereocenters. The molecule has 21 heavy (non-hydrogen) atoms. The third-order valence-electron chi connectivity index (χ3n) is 2.64. The van der Waals surface area contributed by atoms with Gasteiger partial charge in [0.05, 0.1) is 22.8 Å². The van der Waals surface area contributed by atoms with E-state index in [2.05, 4.69) is 10.5 Å². The molecular formula is C15H10ClN2O3-. The molecule has 0 spiro atoms. The number of amides is 1. The lowest BCUT2D eigenvalue weighted by Crippen LogP contribution is -2.22. The van der Waals surface area contributed by atoms with Gasteiger partial charge >= 0.3 is 0 Å². The number of aromatic carboxylic acids is 1. The van der Waals surface area contributed by atoms with E-state index in [1.54, 1.807) is 36.4 Å². The highest BCUT2D eigenvalue weighted by atomic mass is 35.5. The Balaban J connectivity index is 2.01. The average molecular weight is 302 g/mol. The van der Waals surface area contributed by atoms with E-state index in [0.717, 1.165) is 0 Å². The van der Waals surface area contributed by atoms with E-state index in [0.29, 0.717) is 16.1 Å². The topological polar surface area (TPSA) is 81.6 Å². The first-order chi connectivity index (χ1) is 10.1. The van der Waals surface area contributed by atoms with Gasteiger partial charge in [0.2, 0.25) is 0 Å². The summed E-state index contributed by atoms with van der Waals surface area (Å²) in [4.78, 5) is 22.4. The Bertz CT molecular complexity index is 696. The van der Waals surface area contributed by atoms with Crippen LogP contribution in [0.5, 0.6) is 0 Å². The van der Waals surface area contributed by atoms with E-state index in [4.69, 9.17) is 11.6 Å². The van der Waals surface area contributed by atoms with Gasteiger partial charge in [0, 0.05) is 0 Å². The highest BCUT2D eigenvalue weighted by molar-refractivity contribution is 6.33. The molecule has 0 aliphatic heterocycles. The molecule has 0 aliphatic carbocycles. The molecule has 0 fully saturated rings. The molecule has 1 N–H and O–H groups in total. The van der Waals surface area contributed by atoms with E-state index in [1.165, 1.54) is 18.3 Å². The normalized spacial score (nSPS) is 10.5. The van der Waals surface area contributed by atoms with Crippen molar-refractivity contribution < 1.29 is 14.7 Å². The molecule has 0 unspecified atom stereocenters. The smallest absolute Gasteiger partial charge is 0.272 e. The molecular weight excluding hydrogens is 292 g/mol. The Morgan fingerprint density at radius 2 is 1.76 bits per heavy atom. The summed E-state index contributed by atoms with van der Waals surface area (Å²) in [5.74, 6) is -1.67. The summed E-state index contributed by atoms with van der Waals surface area (Å²) in [7, 11) is 0. The fourth-order valence-electron chi connectivity index (χ4n) is 1.58. The molecule has 2 aromatic carbocycles. The van der Waals surface area contributed by atoms with Gasteiger partial charge in [-0.2, -0.15) is 5.10 Å². The number of nitrogens with one attached hydrogen (secondary N) is 1. The number of rotatable bonds is 4. The number of hydrazone groups is 1. The van der Waals surface area contributed by atoms with Crippen LogP contribution in [0.15, 0.2) is 53.6 Å². The summed E-state index contributed by atoms with van der Waals surface area (Å²) < 4.78 is 0. The van der Waals surface area contributed by atoms with E-state index >= 15 is 0 Å². The van der Waals surface area contributed by atoms with Crippen LogP contribution in [0.2, 0.25) is 5.02 Å². The van der Waals surface area contributed by atoms with Gasteiger partial charge in [0.25, 0.3) is 5.91 Å². The van der Waals surface area contributed by atoms with Crippen LogP contribution >= 0.6 is 11.6 Å². The van der Waals surface area contributed by atoms with Crippen LogP contribution < -0.4 is 10.5 Å². The molecule has 2 aromatic rings. The monoisotopic (exact) mass is 301 g/mol. The maximum Gasteiger partial charge on any atom is 0.272 e. The van der Waals surface area contributed by atoms with Crippen molar-refractivity contribution in [2.24, 2.45) is 5.10 Å². The lowest BCUT2D eigenvalue weighted by molar-refractivity contribution is -0.255. The minimum absolute atomic E-state index is 0.0762. The number of carboxylic acid groups (broad SMARTS) is 1. The second-order valence-corrected chi connectivity index (χ2v) is 4.50. The van der Waals surface area contributed by atoms with Gasteiger partial charge < -0.3 is 9.90 Å². The maximum absolute atomic E-state index is 11.8. The Kier molecular flexibility index (Phi) is 4.68. The van der Waals surface area contributed by atoms with Gasteiger partial charge in [-0.05, 0) is 23.3 Å². The van der Waals surface area contributed by atoms with E-state index in [1.807, 2.05) is 0 Å². The zero-order valence-corrected chi connectivity index (χ0v) is 11.5. The molecule has 0 heterocycles. The number of benzene rings is 2. The molecule has 5 nitrogen and oxygen atoms in total. The summed E-state index contributed by atoms with van der Waals surface area (Å²) in [5.41, 5.74) is 3.38. The predicted molar refractivity (Wildman–Crippen MR) is 77.3 cm³/mol. The van der Waals surface area contributed by atoms with Crippen LogP contribution in [0.4, 0.5) is 0 Å². The number of carbonyl (C=O) groups is 2. The van der Waals surface area contributed by atoms with Crippen molar-refractivity contribution >= 4 is 29.7 Å². The first-order valence-electron chi connectivity index (χ1n) is 5.97. The van der Waals surface area contributed by atoms with Crippen LogP contribution in [0.25, 0.3) is 0 Å². The summed E-state index contributed by atoms with van der Waals surface area (Å²) >= 11 is 5.89. The SMILES string of the molecule is O=C([O-])c1ccc(/C=N\NC(=O)c2ccccc2Cl)cc1. The standard InChI is InChI=1S/C15H11ClN2O3/c16-13-4-2-1-3-12(13)14(19)18-17-9-10-5-7-11(8-6-10)15(20)21/h1-9H,(H,18,19)(H,20,21)/p-1/b17-9-. The van der Waals surface area contributed by atoms with Gasteiger partial charge in [-0.25, -0.2) is 5.43 Å². The Morgan fingerprint density at radius 1 is 1.10 bits per heavy atom. The van der Waals surface area contributed by atoms with Crippen molar-refractivity contribution in [1.29, 1.82) is 0 Å². The molecule has 0 radical (unpaired) electrons. The summed E-state index contributed by atoms with van der Waals surface area (Å²) in [6, 6.07) is 12.5. The number of carboxylic acids is 1. The quantitative estimate of drug-likeness (QED) is 0.686. The third-order valence-corrected chi connectivity index (χ3v) is 2.97. The summed E-state index contributed by atoms with van der Waals surface area (Å²) in [6.45, 7) is 0. The number of carbonyl (C=O) groups excluding carboxylic acids is 2. The highest BCUT2D eigenvalue weighted by Gasteiger charge is 2.07. The van der Waals surface area contributed by atoms with Gasteiger partial charge in [-0.1, -0.05) is 48.0 Å². The Morgan fingerprint density at radius 3 is 2.38 bits per heavy atom. The number of hydrogen-bond donors (Lipinski definition) is 1. The molecule has 0 aromatic heterocycles. The molecule has 6 heteroatoms. The maximum atomic E-state index is 11.8. The first-order valence-corrected chi connectivity index (χ1v) is 6.35. The lowest BCUT2D eigenvalue weighted by atomic mass is 10.1. The summed E-state index contributed by atoms with van der Waals surface area (Å²) in [6.07, 6.45) is 1.40. The van der Waals surface area contributed by atoms with Crippen molar-refractivity contribution in [3.63, 3.8) is 0 Å². The molecule has 0 aliphatic rings. The van der Waals surface area contributed by atoms with Crippen LogP contribution in [0.3, 0.4) is 0 Å². The molecule has 1 amide bonds.